The van der Waals surface area contributed by atoms with E-state index >= 15 is 0 Å². The molecule has 0 spiro atoms. The second kappa shape index (κ2) is 8.36. The average Bonchev–Trinajstić information content (AvgIpc) is 3.30. The van der Waals surface area contributed by atoms with E-state index in [0.717, 1.165) is 38.3 Å². The Bertz CT molecular complexity index is 374. The molecule has 4 heteroatoms. The molecule has 0 aromatic heterocycles. The van der Waals surface area contributed by atoms with Gasteiger partial charge in [0.05, 0.1) is 0 Å². The Kier molecular flexibility index (Phi) is 6.75. The molecule has 0 aromatic carbocycles. The zero-order chi connectivity index (χ0) is 16.9. The summed E-state index contributed by atoms with van der Waals surface area (Å²) in [6, 6.07) is 1.10. The lowest BCUT2D eigenvalue weighted by atomic mass is 9.83. The van der Waals surface area contributed by atoms with Crippen LogP contribution in [0, 0.1) is 5.92 Å². The highest BCUT2D eigenvalue weighted by Crippen LogP contribution is 2.29. The normalized spacial score (nSPS) is 25.2. The average molecular weight is 325 g/mol. The van der Waals surface area contributed by atoms with Crippen molar-refractivity contribution in [3.05, 3.63) is 0 Å². The molecule has 2 saturated carbocycles. The van der Waals surface area contributed by atoms with Gasteiger partial charge in [-0.3, -0.25) is 0 Å². The molecule has 1 N–H and O–H groups in total. The monoisotopic (exact) mass is 324 g/mol. The van der Waals surface area contributed by atoms with Crippen LogP contribution in [0.2, 0.25) is 0 Å². The second-order valence-electron chi connectivity index (χ2n) is 8.27. The van der Waals surface area contributed by atoms with E-state index in [9.17, 15) is 4.79 Å². The third kappa shape index (κ3) is 6.33. The first-order chi connectivity index (χ1) is 10.9. The number of rotatable bonds is 7. The van der Waals surface area contributed by atoms with Crippen molar-refractivity contribution in [2.75, 3.05) is 13.1 Å². The minimum absolute atomic E-state index is 0.135. The quantitative estimate of drug-likeness (QED) is 0.709. The van der Waals surface area contributed by atoms with Gasteiger partial charge in [0.1, 0.15) is 5.60 Å². The number of carbonyl (C=O) groups excluding carboxylic acids is 1. The minimum Gasteiger partial charge on any atom is -0.444 e. The van der Waals surface area contributed by atoms with Crippen molar-refractivity contribution < 1.29 is 9.53 Å². The van der Waals surface area contributed by atoms with Crippen LogP contribution in [0.25, 0.3) is 0 Å². The van der Waals surface area contributed by atoms with E-state index in [0.29, 0.717) is 12.1 Å². The minimum atomic E-state index is -0.404. The van der Waals surface area contributed by atoms with E-state index in [2.05, 4.69) is 12.2 Å². The molecular formula is C19H36N2O2. The van der Waals surface area contributed by atoms with Crippen molar-refractivity contribution in [3.63, 3.8) is 0 Å². The van der Waals surface area contributed by atoms with Crippen LogP contribution in [0.3, 0.4) is 0 Å². The van der Waals surface area contributed by atoms with Crippen LogP contribution >= 0.6 is 0 Å². The molecule has 2 rings (SSSR count). The van der Waals surface area contributed by atoms with Gasteiger partial charge in [0.25, 0.3) is 0 Å². The number of nitrogens with zero attached hydrogens (tertiary/aromatic N) is 1. The summed E-state index contributed by atoms with van der Waals surface area (Å²) < 4.78 is 5.55. The van der Waals surface area contributed by atoms with Crippen LogP contribution in [0.1, 0.15) is 79.1 Å². The number of ether oxygens (including phenoxy) is 1. The largest absolute Gasteiger partial charge is 0.444 e. The lowest BCUT2D eigenvalue weighted by Gasteiger charge is -2.32. The van der Waals surface area contributed by atoms with Crippen molar-refractivity contribution in [2.24, 2.45) is 5.92 Å². The maximum absolute atomic E-state index is 12.3. The van der Waals surface area contributed by atoms with Crippen molar-refractivity contribution in [1.82, 2.24) is 10.2 Å². The van der Waals surface area contributed by atoms with Gasteiger partial charge in [-0.25, -0.2) is 4.79 Å². The van der Waals surface area contributed by atoms with Gasteiger partial charge in [0, 0.05) is 18.6 Å². The van der Waals surface area contributed by atoms with E-state index in [-0.39, 0.29) is 6.09 Å². The highest BCUT2D eigenvalue weighted by Gasteiger charge is 2.34. The zero-order valence-corrected chi connectivity index (χ0v) is 15.6. The van der Waals surface area contributed by atoms with Crippen molar-refractivity contribution >= 4 is 6.09 Å². The highest BCUT2D eigenvalue weighted by molar-refractivity contribution is 5.69. The lowest BCUT2D eigenvalue weighted by molar-refractivity contribution is 0.0231. The summed E-state index contributed by atoms with van der Waals surface area (Å²) >= 11 is 0. The molecule has 0 aromatic rings. The molecule has 2 aliphatic carbocycles. The van der Waals surface area contributed by atoms with Crippen LogP contribution in [0.5, 0.6) is 0 Å². The Balaban J connectivity index is 1.71. The van der Waals surface area contributed by atoms with Crippen molar-refractivity contribution in [2.45, 2.75) is 96.7 Å². The summed E-state index contributed by atoms with van der Waals surface area (Å²) in [5.74, 6) is 0.842. The SMILES string of the molecule is CCC1CCCCC1NCCCN(C(=O)OC(C)(C)C)C1CC1. The van der Waals surface area contributed by atoms with E-state index in [1.165, 1.54) is 32.1 Å². The molecule has 0 heterocycles. The summed E-state index contributed by atoms with van der Waals surface area (Å²) in [6.45, 7) is 9.94. The maximum atomic E-state index is 12.3. The van der Waals surface area contributed by atoms with Crippen molar-refractivity contribution in [1.29, 1.82) is 0 Å². The Morgan fingerprint density at radius 3 is 2.48 bits per heavy atom. The summed E-state index contributed by atoms with van der Waals surface area (Å²) in [7, 11) is 0. The zero-order valence-electron chi connectivity index (χ0n) is 15.6. The predicted molar refractivity (Wildman–Crippen MR) is 94.6 cm³/mol. The Morgan fingerprint density at radius 2 is 1.87 bits per heavy atom. The molecule has 0 saturated heterocycles. The smallest absolute Gasteiger partial charge is 0.410 e. The highest BCUT2D eigenvalue weighted by atomic mass is 16.6. The third-order valence-electron chi connectivity index (χ3n) is 5.03. The van der Waals surface area contributed by atoms with Crippen LogP contribution in [0.15, 0.2) is 0 Å². The van der Waals surface area contributed by atoms with Gasteiger partial charge in [-0.05, 0) is 65.3 Å². The number of hydrogen-bond acceptors (Lipinski definition) is 3. The molecule has 2 aliphatic rings. The first kappa shape index (κ1) is 18.6. The summed E-state index contributed by atoms with van der Waals surface area (Å²) in [5.41, 5.74) is -0.404. The molecule has 0 radical (unpaired) electrons. The van der Waals surface area contributed by atoms with Crippen molar-refractivity contribution in [3.8, 4) is 0 Å². The van der Waals surface area contributed by atoms with E-state index in [1.54, 1.807) is 0 Å². The first-order valence-electron chi connectivity index (χ1n) is 9.63. The number of amides is 1. The number of hydrogen-bond donors (Lipinski definition) is 1. The number of carbonyl (C=O) groups is 1. The fourth-order valence-electron chi connectivity index (χ4n) is 3.63. The summed E-state index contributed by atoms with van der Waals surface area (Å²) in [4.78, 5) is 14.3. The maximum Gasteiger partial charge on any atom is 0.410 e. The van der Waals surface area contributed by atoms with Crippen LogP contribution in [-0.4, -0.2) is 41.8 Å². The van der Waals surface area contributed by atoms with Crippen LogP contribution in [0.4, 0.5) is 4.79 Å². The molecule has 4 nitrogen and oxygen atoms in total. The number of nitrogens with one attached hydrogen (secondary N) is 1. The molecule has 2 fully saturated rings. The van der Waals surface area contributed by atoms with Gasteiger partial charge in [-0.2, -0.15) is 0 Å². The summed E-state index contributed by atoms with van der Waals surface area (Å²) in [6.07, 6.45) is 9.87. The molecule has 0 aliphatic heterocycles. The molecule has 134 valence electrons. The Morgan fingerprint density at radius 1 is 1.17 bits per heavy atom. The molecule has 0 bridgehead atoms. The molecule has 2 atom stereocenters. The fourth-order valence-corrected chi connectivity index (χ4v) is 3.63. The van der Waals surface area contributed by atoms with Gasteiger partial charge in [0.15, 0.2) is 0 Å². The molecular weight excluding hydrogens is 288 g/mol. The Hall–Kier alpha value is -0.770. The second-order valence-corrected chi connectivity index (χ2v) is 8.27. The first-order valence-corrected chi connectivity index (χ1v) is 9.63. The van der Waals surface area contributed by atoms with Gasteiger partial charge < -0.3 is 15.0 Å². The van der Waals surface area contributed by atoms with E-state index < -0.39 is 5.60 Å². The van der Waals surface area contributed by atoms with Gasteiger partial charge in [-0.1, -0.05) is 26.2 Å². The molecule has 1 amide bonds. The fraction of sp³-hybridized carbons (Fsp3) is 0.947. The van der Waals surface area contributed by atoms with E-state index in [4.69, 9.17) is 4.74 Å². The van der Waals surface area contributed by atoms with Crippen LogP contribution < -0.4 is 5.32 Å². The third-order valence-corrected chi connectivity index (χ3v) is 5.03. The standard InChI is InChI=1S/C19H36N2O2/c1-5-15-9-6-7-10-17(15)20-13-8-14-21(16-11-12-16)18(22)23-19(2,3)4/h15-17,20H,5-14H2,1-4H3. The lowest BCUT2D eigenvalue weighted by Crippen LogP contribution is -2.42. The van der Waals surface area contributed by atoms with Gasteiger partial charge >= 0.3 is 6.09 Å². The topological polar surface area (TPSA) is 41.6 Å². The van der Waals surface area contributed by atoms with Gasteiger partial charge in [0.2, 0.25) is 0 Å². The Labute approximate surface area is 142 Å². The molecule has 23 heavy (non-hydrogen) atoms. The van der Waals surface area contributed by atoms with E-state index in [1.807, 2.05) is 25.7 Å². The van der Waals surface area contributed by atoms with Gasteiger partial charge in [-0.15, -0.1) is 0 Å². The predicted octanol–water partition coefficient (Wildman–Crippen LogP) is 4.33. The summed E-state index contributed by atoms with van der Waals surface area (Å²) in [5, 5.41) is 3.75. The molecule has 2 unspecified atom stereocenters. The van der Waals surface area contributed by atoms with Crippen LogP contribution in [-0.2, 0) is 4.74 Å².